The lowest BCUT2D eigenvalue weighted by atomic mass is 10.2. The van der Waals surface area contributed by atoms with E-state index in [-0.39, 0.29) is 11.7 Å². The summed E-state index contributed by atoms with van der Waals surface area (Å²) in [6, 6.07) is 4.48. The first-order valence-corrected chi connectivity index (χ1v) is 7.15. The van der Waals surface area contributed by atoms with Crippen LogP contribution in [0, 0.1) is 5.82 Å². The van der Waals surface area contributed by atoms with Gasteiger partial charge < -0.3 is 10.1 Å². The van der Waals surface area contributed by atoms with E-state index in [0.717, 1.165) is 12.8 Å². The van der Waals surface area contributed by atoms with Gasteiger partial charge >= 0.3 is 0 Å². The van der Waals surface area contributed by atoms with Gasteiger partial charge in [-0.2, -0.15) is 0 Å². The van der Waals surface area contributed by atoms with Gasteiger partial charge in [0.25, 0.3) is 5.91 Å². The number of carbonyl (C=O) groups excluding carboxylic acids is 1. The van der Waals surface area contributed by atoms with Crippen LogP contribution in [-0.2, 0) is 4.74 Å². The molecule has 0 fully saturated rings. The third-order valence-corrected chi connectivity index (χ3v) is 3.16. The van der Waals surface area contributed by atoms with Crippen LogP contribution in [0.2, 0.25) is 0 Å². The van der Waals surface area contributed by atoms with E-state index in [1.54, 1.807) is 12.1 Å². The summed E-state index contributed by atoms with van der Waals surface area (Å²) in [5, 5.41) is 2.70. The highest BCUT2D eigenvalue weighted by Crippen LogP contribution is 2.19. The molecular formula is C14H19BrFNO2. The van der Waals surface area contributed by atoms with Gasteiger partial charge in [-0.05, 0) is 54.8 Å². The van der Waals surface area contributed by atoms with Crippen molar-refractivity contribution in [1.82, 2.24) is 5.32 Å². The van der Waals surface area contributed by atoms with Crippen LogP contribution in [0.1, 0.15) is 37.0 Å². The number of nitrogens with one attached hydrogen (secondary N) is 1. The Kier molecular flexibility index (Phi) is 7.02. The van der Waals surface area contributed by atoms with Crippen molar-refractivity contribution < 1.29 is 13.9 Å². The fourth-order valence-electron chi connectivity index (χ4n) is 1.55. The summed E-state index contributed by atoms with van der Waals surface area (Å²) in [4.78, 5) is 11.8. The molecule has 0 radical (unpaired) electrons. The number of benzene rings is 1. The van der Waals surface area contributed by atoms with Gasteiger partial charge in [0.2, 0.25) is 0 Å². The summed E-state index contributed by atoms with van der Waals surface area (Å²) in [5.41, 5.74) is 0.0564. The highest BCUT2D eigenvalue weighted by molar-refractivity contribution is 9.10. The molecule has 0 aromatic heterocycles. The highest BCUT2D eigenvalue weighted by Gasteiger charge is 2.14. The summed E-state index contributed by atoms with van der Waals surface area (Å²) in [6.07, 6.45) is 1.91. The van der Waals surface area contributed by atoms with Crippen molar-refractivity contribution in [1.29, 1.82) is 0 Å². The standard InChI is InChI=1S/C14H19BrFNO2/c1-10(2)19-9-4-3-8-17-14(18)13-11(15)6-5-7-12(13)16/h5-7,10H,3-4,8-9H2,1-2H3,(H,17,18). The Hall–Kier alpha value is -0.940. The molecule has 0 aliphatic rings. The molecule has 0 unspecified atom stereocenters. The molecule has 106 valence electrons. The average molecular weight is 332 g/mol. The first-order chi connectivity index (χ1) is 9.02. The smallest absolute Gasteiger partial charge is 0.255 e. The second-order valence-corrected chi connectivity index (χ2v) is 5.33. The van der Waals surface area contributed by atoms with E-state index in [9.17, 15) is 9.18 Å². The van der Waals surface area contributed by atoms with Crippen LogP contribution in [0.15, 0.2) is 22.7 Å². The Balaban J connectivity index is 2.32. The van der Waals surface area contributed by atoms with Gasteiger partial charge in [0.15, 0.2) is 0 Å². The van der Waals surface area contributed by atoms with Crippen molar-refractivity contribution in [3.05, 3.63) is 34.1 Å². The molecule has 1 rings (SSSR count). The molecule has 0 aliphatic carbocycles. The number of halogens is 2. The Bertz CT molecular complexity index is 404. The topological polar surface area (TPSA) is 38.3 Å². The third kappa shape index (κ3) is 5.70. The van der Waals surface area contributed by atoms with Crippen LogP contribution < -0.4 is 5.32 Å². The molecule has 0 saturated carbocycles. The molecular weight excluding hydrogens is 313 g/mol. The van der Waals surface area contributed by atoms with E-state index >= 15 is 0 Å². The lowest BCUT2D eigenvalue weighted by Gasteiger charge is -2.09. The van der Waals surface area contributed by atoms with Gasteiger partial charge in [0.05, 0.1) is 11.7 Å². The molecule has 0 atom stereocenters. The molecule has 5 heteroatoms. The predicted molar refractivity (Wildman–Crippen MR) is 76.8 cm³/mol. The van der Waals surface area contributed by atoms with Crippen molar-refractivity contribution in [3.63, 3.8) is 0 Å². The monoisotopic (exact) mass is 331 g/mol. The minimum Gasteiger partial charge on any atom is -0.379 e. The zero-order chi connectivity index (χ0) is 14.3. The fourth-order valence-corrected chi connectivity index (χ4v) is 2.07. The molecule has 1 amide bonds. The van der Waals surface area contributed by atoms with Crippen LogP contribution in [0.5, 0.6) is 0 Å². The van der Waals surface area contributed by atoms with E-state index < -0.39 is 11.7 Å². The van der Waals surface area contributed by atoms with E-state index in [0.29, 0.717) is 17.6 Å². The fraction of sp³-hybridized carbons (Fsp3) is 0.500. The first-order valence-electron chi connectivity index (χ1n) is 6.36. The van der Waals surface area contributed by atoms with E-state index in [2.05, 4.69) is 21.2 Å². The Labute approximate surface area is 121 Å². The van der Waals surface area contributed by atoms with Crippen LogP contribution in [-0.4, -0.2) is 25.2 Å². The number of rotatable bonds is 7. The largest absolute Gasteiger partial charge is 0.379 e. The van der Waals surface area contributed by atoms with E-state index in [4.69, 9.17) is 4.74 Å². The van der Waals surface area contributed by atoms with Crippen LogP contribution in [0.4, 0.5) is 4.39 Å². The average Bonchev–Trinajstić information content (AvgIpc) is 2.33. The first kappa shape index (κ1) is 16.1. The Morgan fingerprint density at radius 3 is 2.79 bits per heavy atom. The van der Waals surface area contributed by atoms with E-state index in [1.165, 1.54) is 6.07 Å². The molecule has 0 aliphatic heterocycles. The van der Waals surface area contributed by atoms with Gasteiger partial charge in [-0.3, -0.25) is 4.79 Å². The lowest BCUT2D eigenvalue weighted by Crippen LogP contribution is -2.26. The minimum absolute atomic E-state index is 0.0564. The predicted octanol–water partition coefficient (Wildman–Crippen LogP) is 3.52. The van der Waals surface area contributed by atoms with Crippen molar-refractivity contribution in [2.24, 2.45) is 0 Å². The van der Waals surface area contributed by atoms with Gasteiger partial charge in [-0.1, -0.05) is 6.07 Å². The second-order valence-electron chi connectivity index (χ2n) is 4.48. The quantitative estimate of drug-likeness (QED) is 0.776. The van der Waals surface area contributed by atoms with E-state index in [1.807, 2.05) is 13.8 Å². The zero-order valence-corrected chi connectivity index (χ0v) is 12.8. The van der Waals surface area contributed by atoms with Gasteiger partial charge in [0, 0.05) is 17.6 Å². The van der Waals surface area contributed by atoms with Gasteiger partial charge in [-0.15, -0.1) is 0 Å². The number of amides is 1. The van der Waals surface area contributed by atoms with Crippen molar-refractivity contribution in [2.45, 2.75) is 32.8 Å². The number of hydrogen-bond acceptors (Lipinski definition) is 2. The van der Waals surface area contributed by atoms with Crippen molar-refractivity contribution >= 4 is 21.8 Å². The molecule has 0 bridgehead atoms. The Morgan fingerprint density at radius 2 is 2.16 bits per heavy atom. The highest BCUT2D eigenvalue weighted by atomic mass is 79.9. The number of ether oxygens (including phenoxy) is 1. The molecule has 1 aromatic rings. The van der Waals surface area contributed by atoms with Crippen LogP contribution >= 0.6 is 15.9 Å². The maximum atomic E-state index is 13.5. The summed E-state index contributed by atoms with van der Waals surface area (Å²) >= 11 is 3.18. The molecule has 19 heavy (non-hydrogen) atoms. The third-order valence-electron chi connectivity index (χ3n) is 2.50. The SMILES string of the molecule is CC(C)OCCCCNC(=O)c1c(F)cccc1Br. The summed E-state index contributed by atoms with van der Waals surface area (Å²) < 4.78 is 19.4. The molecule has 3 nitrogen and oxygen atoms in total. The molecule has 1 aromatic carbocycles. The number of hydrogen-bond donors (Lipinski definition) is 1. The maximum absolute atomic E-state index is 13.5. The maximum Gasteiger partial charge on any atom is 0.255 e. The van der Waals surface area contributed by atoms with Crippen LogP contribution in [0.25, 0.3) is 0 Å². The lowest BCUT2D eigenvalue weighted by molar-refractivity contribution is 0.0754. The minimum atomic E-state index is -0.519. The number of unbranched alkanes of at least 4 members (excludes halogenated alkanes) is 1. The molecule has 0 saturated heterocycles. The normalized spacial score (nSPS) is 10.8. The molecule has 0 spiro atoms. The van der Waals surface area contributed by atoms with Crippen LogP contribution in [0.3, 0.4) is 0 Å². The zero-order valence-electron chi connectivity index (χ0n) is 11.2. The second kappa shape index (κ2) is 8.27. The summed E-state index contributed by atoms with van der Waals surface area (Å²) in [7, 11) is 0. The molecule has 1 N–H and O–H groups in total. The van der Waals surface area contributed by atoms with Gasteiger partial charge in [-0.25, -0.2) is 4.39 Å². The number of carbonyl (C=O) groups is 1. The van der Waals surface area contributed by atoms with Gasteiger partial charge in [0.1, 0.15) is 5.82 Å². The Morgan fingerprint density at radius 1 is 1.42 bits per heavy atom. The van der Waals surface area contributed by atoms with Crippen molar-refractivity contribution in [2.75, 3.05) is 13.2 Å². The summed E-state index contributed by atoms with van der Waals surface area (Å²) in [5.74, 6) is -0.912. The molecule has 0 heterocycles. The van der Waals surface area contributed by atoms with Crippen molar-refractivity contribution in [3.8, 4) is 0 Å². The summed E-state index contributed by atoms with van der Waals surface area (Å²) in [6.45, 7) is 5.16.